The summed E-state index contributed by atoms with van der Waals surface area (Å²) in [5.41, 5.74) is 0.353. The van der Waals surface area contributed by atoms with Crippen molar-refractivity contribution in [3.05, 3.63) is 59.9 Å². The molecule has 2 aromatic rings. The third-order valence-corrected chi connectivity index (χ3v) is 5.34. The molecule has 1 aliphatic rings. The van der Waals surface area contributed by atoms with E-state index in [0.717, 1.165) is 22.7 Å². The van der Waals surface area contributed by atoms with Crippen molar-refractivity contribution in [1.29, 1.82) is 0 Å². The molecule has 0 aromatic heterocycles. The van der Waals surface area contributed by atoms with E-state index < -0.39 is 35.1 Å². The van der Waals surface area contributed by atoms with Gasteiger partial charge in [0.2, 0.25) is 5.91 Å². The van der Waals surface area contributed by atoms with Gasteiger partial charge in [0, 0.05) is 24.4 Å². The highest BCUT2D eigenvalue weighted by molar-refractivity contribution is 5.94. The fraction of sp³-hybridized carbons (Fsp3) is 0.333. The quantitative estimate of drug-likeness (QED) is 0.668. The Kier molecular flexibility index (Phi) is 6.53. The van der Waals surface area contributed by atoms with Crippen LogP contribution in [0.25, 0.3) is 0 Å². The van der Waals surface area contributed by atoms with Crippen LogP contribution in [0.1, 0.15) is 19.8 Å². The number of para-hydroxylation sites is 1. The lowest BCUT2D eigenvalue weighted by Crippen LogP contribution is -3.17. The summed E-state index contributed by atoms with van der Waals surface area (Å²) >= 11 is 0. The van der Waals surface area contributed by atoms with Crippen molar-refractivity contribution in [3.8, 4) is 0 Å². The Hall–Kier alpha value is -2.87. The van der Waals surface area contributed by atoms with Gasteiger partial charge in [-0.3, -0.25) is 9.59 Å². The molecule has 29 heavy (non-hydrogen) atoms. The number of carbonyl (C=O) groups is 2. The first-order chi connectivity index (χ1) is 13.9. The molecule has 0 radical (unpaired) electrons. The number of piperidine rings is 1. The maximum atomic E-state index is 13.8. The van der Waals surface area contributed by atoms with Crippen molar-refractivity contribution in [1.82, 2.24) is 0 Å². The molecule has 0 aliphatic carbocycles. The van der Waals surface area contributed by atoms with Crippen LogP contribution in [0.2, 0.25) is 0 Å². The lowest BCUT2D eigenvalue weighted by atomic mass is 9.94. The van der Waals surface area contributed by atoms with E-state index in [-0.39, 0.29) is 11.8 Å². The summed E-state index contributed by atoms with van der Waals surface area (Å²) in [6, 6.07) is 10.4. The zero-order valence-electron chi connectivity index (χ0n) is 16.0. The van der Waals surface area contributed by atoms with Crippen molar-refractivity contribution in [2.24, 2.45) is 5.92 Å². The van der Waals surface area contributed by atoms with Gasteiger partial charge in [-0.2, -0.15) is 0 Å². The molecule has 1 heterocycles. The monoisotopic (exact) mass is 406 g/mol. The van der Waals surface area contributed by atoms with E-state index in [1.807, 2.05) is 30.3 Å². The molecule has 1 saturated heterocycles. The molecule has 3 N–H and O–H groups in total. The number of nitrogens with one attached hydrogen (secondary N) is 3. The number of hydrogen-bond acceptors (Lipinski definition) is 2. The molecular weight excluding hydrogens is 383 g/mol. The van der Waals surface area contributed by atoms with Crippen LogP contribution in [-0.2, 0) is 9.59 Å². The van der Waals surface area contributed by atoms with Crippen LogP contribution in [0.3, 0.4) is 0 Å². The molecule has 2 amide bonds. The van der Waals surface area contributed by atoms with E-state index in [4.69, 9.17) is 0 Å². The molecule has 0 bridgehead atoms. The minimum Gasteiger partial charge on any atom is -0.326 e. The van der Waals surface area contributed by atoms with Crippen LogP contribution in [-0.4, -0.2) is 30.9 Å². The van der Waals surface area contributed by atoms with Crippen molar-refractivity contribution in [2.75, 3.05) is 23.7 Å². The number of hydrogen-bond donors (Lipinski definition) is 3. The molecule has 0 spiro atoms. The van der Waals surface area contributed by atoms with Crippen molar-refractivity contribution < 1.29 is 27.7 Å². The molecule has 1 aliphatic heterocycles. The van der Waals surface area contributed by atoms with Crippen LogP contribution >= 0.6 is 0 Å². The number of rotatable bonds is 5. The van der Waals surface area contributed by atoms with E-state index in [0.29, 0.717) is 25.9 Å². The molecule has 1 fully saturated rings. The van der Waals surface area contributed by atoms with Gasteiger partial charge in [0.05, 0.1) is 18.8 Å². The third kappa shape index (κ3) is 4.95. The maximum Gasteiger partial charge on any atom is 0.282 e. The largest absolute Gasteiger partial charge is 0.326 e. The zero-order chi connectivity index (χ0) is 21.0. The van der Waals surface area contributed by atoms with E-state index in [1.165, 1.54) is 0 Å². The topological polar surface area (TPSA) is 62.6 Å². The van der Waals surface area contributed by atoms with Gasteiger partial charge in [-0.05, 0) is 31.2 Å². The second-order valence-corrected chi connectivity index (χ2v) is 7.22. The molecule has 154 valence electrons. The van der Waals surface area contributed by atoms with Crippen LogP contribution < -0.4 is 15.5 Å². The number of carbonyl (C=O) groups excluding carboxylic acids is 2. The Morgan fingerprint density at radius 1 is 0.966 bits per heavy atom. The predicted octanol–water partition coefficient (Wildman–Crippen LogP) is 2.36. The lowest BCUT2D eigenvalue weighted by molar-refractivity contribution is -0.919. The van der Waals surface area contributed by atoms with Gasteiger partial charge in [0.15, 0.2) is 23.5 Å². The smallest absolute Gasteiger partial charge is 0.282 e. The van der Waals surface area contributed by atoms with Crippen LogP contribution in [0, 0.1) is 23.4 Å². The van der Waals surface area contributed by atoms with Gasteiger partial charge in [0.25, 0.3) is 5.91 Å². The Labute approximate surface area is 166 Å². The first-order valence-corrected chi connectivity index (χ1v) is 9.51. The highest BCUT2D eigenvalue weighted by Crippen LogP contribution is 2.20. The molecule has 3 rings (SSSR count). The van der Waals surface area contributed by atoms with Gasteiger partial charge in [-0.25, -0.2) is 13.2 Å². The third-order valence-electron chi connectivity index (χ3n) is 5.34. The summed E-state index contributed by atoms with van der Waals surface area (Å²) in [5.74, 6) is -5.02. The second-order valence-electron chi connectivity index (χ2n) is 7.22. The van der Waals surface area contributed by atoms with Crippen molar-refractivity contribution in [2.45, 2.75) is 25.8 Å². The molecule has 0 saturated carbocycles. The number of quaternary nitrogens is 1. The summed E-state index contributed by atoms with van der Waals surface area (Å²) in [7, 11) is 0. The first-order valence-electron chi connectivity index (χ1n) is 9.51. The molecular formula is C21H23F3N3O2+. The number of benzene rings is 2. The highest BCUT2D eigenvalue weighted by atomic mass is 19.2. The average Bonchev–Trinajstić information content (AvgIpc) is 2.74. The summed E-state index contributed by atoms with van der Waals surface area (Å²) in [4.78, 5) is 25.8. The Balaban J connectivity index is 1.53. The molecule has 8 heteroatoms. The van der Waals surface area contributed by atoms with E-state index in [2.05, 4.69) is 10.6 Å². The summed E-state index contributed by atoms with van der Waals surface area (Å²) in [6.45, 7) is 2.89. The van der Waals surface area contributed by atoms with E-state index in [1.54, 1.807) is 6.92 Å². The van der Waals surface area contributed by atoms with Gasteiger partial charge < -0.3 is 15.5 Å². The first kappa shape index (κ1) is 20.9. The lowest BCUT2D eigenvalue weighted by Gasteiger charge is -2.32. The molecule has 0 unspecified atom stereocenters. The fourth-order valence-corrected chi connectivity index (χ4v) is 3.50. The van der Waals surface area contributed by atoms with Crippen LogP contribution in [0.15, 0.2) is 42.5 Å². The standard InChI is InChI=1S/C21H22F3N3O2/c1-13(20(28)26-17-8-7-16(22)18(23)19(17)24)27-11-9-14(10-12-27)21(29)25-15-5-3-2-4-6-15/h2-8,13-14H,9-12H2,1H3,(H,25,29)(H,26,28)/p+1/t13-/m0/s1. The summed E-state index contributed by atoms with van der Waals surface area (Å²) in [6.07, 6.45) is 1.23. The number of halogens is 3. The Bertz CT molecular complexity index is 884. The number of amides is 2. The fourth-order valence-electron chi connectivity index (χ4n) is 3.50. The van der Waals surface area contributed by atoms with Gasteiger partial charge in [0.1, 0.15) is 0 Å². The normalized spacial score (nSPS) is 20.0. The molecule has 5 nitrogen and oxygen atoms in total. The van der Waals surface area contributed by atoms with E-state index in [9.17, 15) is 22.8 Å². The minimum atomic E-state index is -1.62. The number of anilines is 2. The second kappa shape index (κ2) is 9.09. The van der Waals surface area contributed by atoms with Crippen LogP contribution in [0.5, 0.6) is 0 Å². The van der Waals surface area contributed by atoms with Crippen LogP contribution in [0.4, 0.5) is 24.5 Å². The summed E-state index contributed by atoms with van der Waals surface area (Å²) in [5, 5.41) is 5.21. The highest BCUT2D eigenvalue weighted by Gasteiger charge is 2.33. The Morgan fingerprint density at radius 2 is 1.62 bits per heavy atom. The molecule has 1 atom stereocenters. The van der Waals surface area contributed by atoms with Gasteiger partial charge >= 0.3 is 0 Å². The predicted molar refractivity (Wildman–Crippen MR) is 103 cm³/mol. The van der Waals surface area contributed by atoms with Gasteiger partial charge in [-0.1, -0.05) is 18.2 Å². The minimum absolute atomic E-state index is 0.0452. The maximum absolute atomic E-state index is 13.8. The SMILES string of the molecule is C[C@@H](C(=O)Nc1ccc(F)c(F)c1F)[NH+]1CCC(C(=O)Nc2ccccc2)CC1. The number of likely N-dealkylation sites (tertiary alicyclic amines) is 1. The van der Waals surface area contributed by atoms with Gasteiger partial charge in [-0.15, -0.1) is 0 Å². The molecule has 2 aromatic carbocycles. The summed E-state index contributed by atoms with van der Waals surface area (Å²) < 4.78 is 40.1. The van der Waals surface area contributed by atoms with E-state index >= 15 is 0 Å². The van der Waals surface area contributed by atoms with Crippen molar-refractivity contribution >= 4 is 23.2 Å². The zero-order valence-corrected chi connectivity index (χ0v) is 16.0. The van der Waals surface area contributed by atoms with Crippen molar-refractivity contribution in [3.63, 3.8) is 0 Å². The Morgan fingerprint density at radius 3 is 2.28 bits per heavy atom. The average molecular weight is 406 g/mol.